The fourth-order valence-corrected chi connectivity index (χ4v) is 2.72. The summed E-state index contributed by atoms with van der Waals surface area (Å²) in [5.41, 5.74) is 2.34. The summed E-state index contributed by atoms with van der Waals surface area (Å²) < 4.78 is 0. The molecular weight excluding hydrogens is 297 g/mol. The van der Waals surface area contributed by atoms with E-state index in [4.69, 9.17) is 28.0 Å². The minimum atomic E-state index is -0.196. The van der Waals surface area contributed by atoms with Crippen molar-refractivity contribution in [3.63, 3.8) is 0 Å². The lowest BCUT2D eigenvalue weighted by atomic mass is 10.1. The highest BCUT2D eigenvalue weighted by molar-refractivity contribution is 6.39. The standard InChI is InChI=1S/C15H11Cl2NO2/c1-9-5-6-13-10(7-9)8-14(19)18(20-13)15-11(16)3-2-4-12(15)17/h2-7H,8H2,1H3. The van der Waals surface area contributed by atoms with Gasteiger partial charge in [-0.3, -0.25) is 4.79 Å². The molecule has 0 fully saturated rings. The number of anilines is 1. The highest BCUT2D eigenvalue weighted by Gasteiger charge is 2.29. The van der Waals surface area contributed by atoms with E-state index in [1.807, 2.05) is 25.1 Å². The van der Waals surface area contributed by atoms with Crippen molar-refractivity contribution >= 4 is 34.8 Å². The summed E-state index contributed by atoms with van der Waals surface area (Å²) in [7, 11) is 0. The molecule has 0 radical (unpaired) electrons. The van der Waals surface area contributed by atoms with Crippen LogP contribution < -0.4 is 9.90 Å². The highest BCUT2D eigenvalue weighted by Crippen LogP contribution is 2.37. The van der Waals surface area contributed by atoms with Crippen LogP contribution in [0, 0.1) is 6.92 Å². The van der Waals surface area contributed by atoms with Crippen LogP contribution in [0.5, 0.6) is 5.75 Å². The van der Waals surface area contributed by atoms with Crippen molar-refractivity contribution in [2.24, 2.45) is 0 Å². The van der Waals surface area contributed by atoms with Gasteiger partial charge in [-0.15, -0.1) is 5.06 Å². The van der Waals surface area contributed by atoms with Crippen LogP contribution in [-0.2, 0) is 11.2 Å². The van der Waals surface area contributed by atoms with E-state index in [2.05, 4.69) is 0 Å². The number of hydrogen-bond acceptors (Lipinski definition) is 2. The largest absolute Gasteiger partial charge is 0.371 e. The molecule has 0 saturated heterocycles. The summed E-state index contributed by atoms with van der Waals surface area (Å²) in [5.74, 6) is 0.448. The van der Waals surface area contributed by atoms with Crippen LogP contribution in [0.4, 0.5) is 5.69 Å². The van der Waals surface area contributed by atoms with Crippen molar-refractivity contribution in [2.45, 2.75) is 13.3 Å². The third kappa shape index (κ3) is 2.23. The van der Waals surface area contributed by atoms with Crippen LogP contribution in [0.3, 0.4) is 0 Å². The van der Waals surface area contributed by atoms with Crippen molar-refractivity contribution in [2.75, 3.05) is 5.06 Å². The van der Waals surface area contributed by atoms with Gasteiger partial charge in [-0.2, -0.15) is 0 Å². The fourth-order valence-electron chi connectivity index (χ4n) is 2.17. The Kier molecular flexibility index (Phi) is 3.32. The Morgan fingerprint density at radius 3 is 2.55 bits per heavy atom. The van der Waals surface area contributed by atoms with Gasteiger partial charge in [0.15, 0.2) is 5.75 Å². The Bertz CT molecular complexity index is 680. The Hall–Kier alpha value is -1.71. The minimum absolute atomic E-state index is 0.196. The number of hydroxylamine groups is 1. The van der Waals surface area contributed by atoms with Crippen molar-refractivity contribution in [1.82, 2.24) is 0 Å². The number of carbonyl (C=O) groups excluding carboxylic acids is 1. The molecule has 0 aliphatic carbocycles. The summed E-state index contributed by atoms with van der Waals surface area (Å²) in [6, 6.07) is 10.8. The molecule has 0 aromatic heterocycles. The number of nitrogens with zero attached hydrogens (tertiary/aromatic N) is 1. The molecule has 0 saturated carbocycles. The third-order valence-corrected chi connectivity index (χ3v) is 3.72. The number of aryl methyl sites for hydroxylation is 1. The van der Waals surface area contributed by atoms with E-state index in [-0.39, 0.29) is 12.3 Å². The average Bonchev–Trinajstić information content (AvgIpc) is 2.39. The van der Waals surface area contributed by atoms with E-state index in [0.717, 1.165) is 11.1 Å². The predicted molar refractivity (Wildman–Crippen MR) is 79.5 cm³/mol. The molecule has 1 aliphatic heterocycles. The smallest absolute Gasteiger partial charge is 0.264 e. The number of benzene rings is 2. The molecule has 0 unspecified atom stereocenters. The van der Waals surface area contributed by atoms with Crippen molar-refractivity contribution in [3.05, 3.63) is 57.6 Å². The van der Waals surface area contributed by atoms with Crippen LogP contribution in [0.1, 0.15) is 11.1 Å². The average molecular weight is 308 g/mol. The number of para-hydroxylation sites is 1. The van der Waals surface area contributed by atoms with Gasteiger partial charge < -0.3 is 4.84 Å². The zero-order chi connectivity index (χ0) is 14.3. The second-order valence-electron chi connectivity index (χ2n) is 4.64. The lowest BCUT2D eigenvalue weighted by Gasteiger charge is -2.29. The molecule has 3 nitrogen and oxygen atoms in total. The maximum atomic E-state index is 12.3. The quantitative estimate of drug-likeness (QED) is 0.791. The number of hydrogen-bond donors (Lipinski definition) is 0. The highest BCUT2D eigenvalue weighted by atomic mass is 35.5. The molecule has 5 heteroatoms. The number of halogens is 2. The number of fused-ring (bicyclic) bond motifs is 1. The molecular formula is C15H11Cl2NO2. The van der Waals surface area contributed by atoms with Gasteiger partial charge in [0.25, 0.3) is 5.91 Å². The van der Waals surface area contributed by atoms with Gasteiger partial charge >= 0.3 is 0 Å². The first-order valence-electron chi connectivity index (χ1n) is 6.11. The van der Waals surface area contributed by atoms with Gasteiger partial charge in [0.1, 0.15) is 5.69 Å². The SMILES string of the molecule is Cc1ccc2c(c1)CC(=O)N(c1c(Cl)cccc1Cl)O2. The molecule has 102 valence electrons. The van der Waals surface area contributed by atoms with Gasteiger partial charge in [-0.05, 0) is 25.1 Å². The van der Waals surface area contributed by atoms with Gasteiger partial charge in [0.05, 0.1) is 16.5 Å². The molecule has 20 heavy (non-hydrogen) atoms. The molecule has 0 N–H and O–H groups in total. The number of rotatable bonds is 1. The molecule has 2 aromatic carbocycles. The van der Waals surface area contributed by atoms with Crippen LogP contribution >= 0.6 is 23.2 Å². The van der Waals surface area contributed by atoms with E-state index in [1.54, 1.807) is 18.2 Å². The summed E-state index contributed by atoms with van der Waals surface area (Å²) in [6.07, 6.45) is 0.262. The predicted octanol–water partition coefficient (Wildman–Crippen LogP) is 4.18. The minimum Gasteiger partial charge on any atom is -0.371 e. The summed E-state index contributed by atoms with van der Waals surface area (Å²) >= 11 is 12.2. The summed E-state index contributed by atoms with van der Waals surface area (Å²) in [5, 5.41) is 1.92. The molecule has 0 spiro atoms. The zero-order valence-electron chi connectivity index (χ0n) is 10.7. The molecule has 2 aromatic rings. The second kappa shape index (κ2) is 5.00. The van der Waals surface area contributed by atoms with Gasteiger partial charge in [-0.1, -0.05) is 47.0 Å². The van der Waals surface area contributed by atoms with E-state index < -0.39 is 0 Å². The van der Waals surface area contributed by atoms with E-state index in [9.17, 15) is 4.79 Å². The third-order valence-electron chi connectivity index (χ3n) is 3.11. The van der Waals surface area contributed by atoms with Gasteiger partial charge in [0.2, 0.25) is 0 Å². The number of carbonyl (C=O) groups is 1. The Balaban J connectivity index is 2.05. The molecule has 1 amide bonds. The monoisotopic (exact) mass is 307 g/mol. The van der Waals surface area contributed by atoms with E-state index >= 15 is 0 Å². The lowest BCUT2D eigenvalue weighted by molar-refractivity contribution is -0.123. The summed E-state index contributed by atoms with van der Waals surface area (Å²) in [4.78, 5) is 17.9. The van der Waals surface area contributed by atoms with Crippen molar-refractivity contribution in [3.8, 4) is 5.75 Å². The Morgan fingerprint density at radius 2 is 1.85 bits per heavy atom. The molecule has 1 heterocycles. The molecule has 1 aliphatic rings. The topological polar surface area (TPSA) is 29.5 Å². The van der Waals surface area contributed by atoms with Gasteiger partial charge in [-0.25, -0.2) is 0 Å². The second-order valence-corrected chi connectivity index (χ2v) is 5.45. The fraction of sp³-hybridized carbons (Fsp3) is 0.133. The molecule has 0 bridgehead atoms. The Morgan fingerprint density at radius 1 is 1.15 bits per heavy atom. The van der Waals surface area contributed by atoms with Crippen LogP contribution in [-0.4, -0.2) is 5.91 Å². The van der Waals surface area contributed by atoms with E-state index in [1.165, 1.54) is 5.06 Å². The number of amides is 1. The first-order valence-corrected chi connectivity index (χ1v) is 6.86. The lowest BCUT2D eigenvalue weighted by Crippen LogP contribution is -2.39. The van der Waals surface area contributed by atoms with Crippen molar-refractivity contribution in [1.29, 1.82) is 0 Å². The maximum absolute atomic E-state index is 12.3. The maximum Gasteiger partial charge on any atom is 0.264 e. The zero-order valence-corrected chi connectivity index (χ0v) is 12.2. The summed E-state index contributed by atoms with van der Waals surface area (Å²) in [6.45, 7) is 1.97. The first kappa shape index (κ1) is 13.3. The molecule has 0 atom stereocenters. The van der Waals surface area contributed by atoms with Crippen LogP contribution in [0.15, 0.2) is 36.4 Å². The molecule has 3 rings (SSSR count). The van der Waals surface area contributed by atoms with Gasteiger partial charge in [0, 0.05) is 5.56 Å². The Labute approximate surface area is 126 Å². The van der Waals surface area contributed by atoms with Crippen LogP contribution in [0.25, 0.3) is 0 Å². The van der Waals surface area contributed by atoms with Crippen molar-refractivity contribution < 1.29 is 9.63 Å². The normalized spacial score (nSPS) is 13.9. The van der Waals surface area contributed by atoms with E-state index in [0.29, 0.717) is 21.5 Å². The van der Waals surface area contributed by atoms with Crippen LogP contribution in [0.2, 0.25) is 10.0 Å². The first-order chi connectivity index (χ1) is 9.56.